The number of rotatable bonds is 5. The van der Waals surface area contributed by atoms with E-state index in [-0.39, 0.29) is 5.91 Å². The molecule has 1 fully saturated rings. The van der Waals surface area contributed by atoms with Gasteiger partial charge in [-0.1, -0.05) is 46.0 Å². The Balaban J connectivity index is 2.45. The summed E-state index contributed by atoms with van der Waals surface area (Å²) in [5.74, 6) is 1.03. The number of hydrogen-bond acceptors (Lipinski definition) is 5. The first-order valence-corrected chi connectivity index (χ1v) is 8.31. The van der Waals surface area contributed by atoms with Crippen LogP contribution in [0.5, 0.6) is 11.5 Å². The molecule has 0 aromatic heterocycles. The van der Waals surface area contributed by atoms with Crippen LogP contribution in [0.3, 0.4) is 0 Å². The van der Waals surface area contributed by atoms with Crippen molar-refractivity contribution in [1.82, 2.24) is 4.90 Å². The second kappa shape index (κ2) is 7.30. The van der Waals surface area contributed by atoms with Crippen LogP contribution in [-0.4, -0.2) is 35.9 Å². The molecule has 1 aromatic rings. The SMILES string of the molecule is C=CCN1C(=O)C(=Cc2cc(Br)cc(OC)c2OC)SC1=S. The van der Waals surface area contributed by atoms with Gasteiger partial charge < -0.3 is 9.47 Å². The van der Waals surface area contributed by atoms with Crippen LogP contribution in [0.15, 0.2) is 34.2 Å². The maximum Gasteiger partial charge on any atom is 0.266 e. The summed E-state index contributed by atoms with van der Waals surface area (Å²) in [5, 5.41) is 0. The zero-order valence-corrected chi connectivity index (χ0v) is 15.3. The standard InChI is InChI=1S/C15H14BrNO3S2/c1-4-5-17-14(18)12(22-15(17)21)7-9-6-10(16)8-11(19-2)13(9)20-3/h4,6-8H,1,5H2,2-3H3. The highest BCUT2D eigenvalue weighted by Crippen LogP contribution is 2.39. The molecule has 2 rings (SSSR count). The average molecular weight is 400 g/mol. The summed E-state index contributed by atoms with van der Waals surface area (Å²) < 4.78 is 12.1. The van der Waals surface area contributed by atoms with Gasteiger partial charge in [0.2, 0.25) is 0 Å². The first-order valence-electron chi connectivity index (χ1n) is 6.29. The number of halogens is 1. The molecule has 0 bridgehead atoms. The number of amides is 1. The predicted octanol–water partition coefficient (Wildman–Crippen LogP) is 3.85. The number of hydrogen-bond donors (Lipinski definition) is 0. The van der Waals surface area contributed by atoms with Gasteiger partial charge in [0.15, 0.2) is 11.5 Å². The minimum absolute atomic E-state index is 0.129. The first kappa shape index (κ1) is 17.1. The summed E-state index contributed by atoms with van der Waals surface area (Å²) in [7, 11) is 3.13. The average Bonchev–Trinajstić information content (AvgIpc) is 2.74. The van der Waals surface area contributed by atoms with Gasteiger partial charge in [-0.05, 0) is 18.2 Å². The summed E-state index contributed by atoms with van der Waals surface area (Å²) in [6.45, 7) is 4.04. The summed E-state index contributed by atoms with van der Waals surface area (Å²) in [4.78, 5) is 14.4. The van der Waals surface area contributed by atoms with Gasteiger partial charge in [0.05, 0.1) is 19.1 Å². The third-order valence-electron chi connectivity index (χ3n) is 2.94. The molecule has 1 aliphatic rings. The van der Waals surface area contributed by atoms with Crippen molar-refractivity contribution in [3.05, 3.63) is 39.7 Å². The minimum Gasteiger partial charge on any atom is -0.493 e. The zero-order valence-electron chi connectivity index (χ0n) is 12.1. The number of benzene rings is 1. The summed E-state index contributed by atoms with van der Waals surface area (Å²) in [6, 6.07) is 3.67. The Hall–Kier alpha value is -1.31. The number of thiocarbonyl (C=S) groups is 1. The van der Waals surface area contributed by atoms with Crippen LogP contribution >= 0.6 is 39.9 Å². The second-order valence-corrected chi connectivity index (χ2v) is 6.90. The van der Waals surface area contributed by atoms with Crippen LogP contribution in [0, 0.1) is 0 Å². The van der Waals surface area contributed by atoms with Crippen molar-refractivity contribution in [3.63, 3.8) is 0 Å². The van der Waals surface area contributed by atoms with Crippen LogP contribution < -0.4 is 9.47 Å². The van der Waals surface area contributed by atoms with Gasteiger partial charge in [0.1, 0.15) is 4.32 Å². The predicted molar refractivity (Wildman–Crippen MR) is 97.3 cm³/mol. The van der Waals surface area contributed by atoms with E-state index < -0.39 is 0 Å². The Morgan fingerprint density at radius 1 is 1.41 bits per heavy atom. The highest BCUT2D eigenvalue weighted by Gasteiger charge is 2.31. The maximum atomic E-state index is 12.4. The number of ether oxygens (including phenoxy) is 2. The lowest BCUT2D eigenvalue weighted by molar-refractivity contribution is -0.121. The Labute approximate surface area is 147 Å². The number of thioether (sulfide) groups is 1. The highest BCUT2D eigenvalue weighted by molar-refractivity contribution is 9.10. The third-order valence-corrected chi connectivity index (χ3v) is 4.78. The van der Waals surface area contributed by atoms with E-state index in [0.717, 1.165) is 10.0 Å². The van der Waals surface area contributed by atoms with E-state index in [4.69, 9.17) is 21.7 Å². The lowest BCUT2D eigenvalue weighted by Crippen LogP contribution is -2.27. The molecule has 116 valence electrons. The molecule has 1 saturated heterocycles. The van der Waals surface area contributed by atoms with E-state index in [0.29, 0.717) is 27.3 Å². The number of carbonyl (C=O) groups is 1. The Kier molecular flexibility index (Phi) is 5.66. The minimum atomic E-state index is -0.129. The lowest BCUT2D eigenvalue weighted by atomic mass is 10.1. The summed E-state index contributed by atoms with van der Waals surface area (Å²) in [5.41, 5.74) is 0.743. The molecular weight excluding hydrogens is 386 g/mol. The van der Waals surface area contributed by atoms with Gasteiger partial charge in [0.25, 0.3) is 5.91 Å². The fourth-order valence-corrected chi connectivity index (χ4v) is 3.71. The highest BCUT2D eigenvalue weighted by atomic mass is 79.9. The van der Waals surface area contributed by atoms with Crippen molar-refractivity contribution in [1.29, 1.82) is 0 Å². The number of methoxy groups -OCH3 is 2. The smallest absolute Gasteiger partial charge is 0.266 e. The summed E-state index contributed by atoms with van der Waals surface area (Å²) in [6.07, 6.45) is 3.41. The monoisotopic (exact) mass is 399 g/mol. The third kappa shape index (κ3) is 3.37. The zero-order chi connectivity index (χ0) is 16.3. The van der Waals surface area contributed by atoms with Crippen LogP contribution in [-0.2, 0) is 4.79 Å². The van der Waals surface area contributed by atoms with Crippen molar-refractivity contribution >= 4 is 56.2 Å². The van der Waals surface area contributed by atoms with Crippen LogP contribution in [0.25, 0.3) is 6.08 Å². The molecule has 0 atom stereocenters. The lowest BCUT2D eigenvalue weighted by Gasteiger charge is -2.12. The van der Waals surface area contributed by atoms with Crippen LogP contribution in [0.1, 0.15) is 5.56 Å². The largest absolute Gasteiger partial charge is 0.493 e. The van der Waals surface area contributed by atoms with Gasteiger partial charge in [-0.2, -0.15) is 0 Å². The molecule has 1 heterocycles. The topological polar surface area (TPSA) is 38.8 Å². The van der Waals surface area contributed by atoms with E-state index in [2.05, 4.69) is 22.5 Å². The fraction of sp³-hybridized carbons (Fsp3) is 0.200. The van der Waals surface area contributed by atoms with Gasteiger partial charge in [-0.3, -0.25) is 9.69 Å². The van der Waals surface area contributed by atoms with Gasteiger partial charge in [0, 0.05) is 16.6 Å². The molecule has 0 spiro atoms. The van der Waals surface area contributed by atoms with Crippen molar-refractivity contribution in [3.8, 4) is 11.5 Å². The second-order valence-electron chi connectivity index (χ2n) is 4.31. The first-order chi connectivity index (χ1) is 10.5. The quantitative estimate of drug-likeness (QED) is 0.427. The normalized spacial score (nSPS) is 16.3. The molecule has 1 aromatic carbocycles. The Morgan fingerprint density at radius 2 is 2.14 bits per heavy atom. The molecule has 22 heavy (non-hydrogen) atoms. The molecule has 0 unspecified atom stereocenters. The van der Waals surface area contributed by atoms with Gasteiger partial charge in [-0.25, -0.2) is 0 Å². The molecule has 4 nitrogen and oxygen atoms in total. The number of nitrogens with zero attached hydrogens (tertiary/aromatic N) is 1. The molecular formula is C15H14BrNO3S2. The van der Waals surface area contributed by atoms with Crippen molar-refractivity contribution in [2.24, 2.45) is 0 Å². The number of carbonyl (C=O) groups excluding carboxylic acids is 1. The molecule has 0 saturated carbocycles. The molecule has 0 radical (unpaired) electrons. The Bertz CT molecular complexity index is 673. The van der Waals surface area contributed by atoms with E-state index in [1.807, 2.05) is 6.07 Å². The van der Waals surface area contributed by atoms with Crippen LogP contribution in [0.2, 0.25) is 0 Å². The molecule has 0 N–H and O–H groups in total. The van der Waals surface area contributed by atoms with E-state index in [1.54, 1.807) is 32.4 Å². The van der Waals surface area contributed by atoms with E-state index >= 15 is 0 Å². The molecule has 7 heteroatoms. The van der Waals surface area contributed by atoms with Crippen molar-refractivity contribution in [2.45, 2.75) is 0 Å². The van der Waals surface area contributed by atoms with E-state index in [1.165, 1.54) is 16.7 Å². The van der Waals surface area contributed by atoms with Gasteiger partial charge in [-0.15, -0.1) is 6.58 Å². The van der Waals surface area contributed by atoms with Gasteiger partial charge >= 0.3 is 0 Å². The molecule has 0 aliphatic carbocycles. The molecule has 1 amide bonds. The summed E-state index contributed by atoms with van der Waals surface area (Å²) >= 11 is 9.91. The van der Waals surface area contributed by atoms with Crippen LogP contribution in [0.4, 0.5) is 0 Å². The van der Waals surface area contributed by atoms with Crippen molar-refractivity contribution < 1.29 is 14.3 Å². The molecule has 1 aliphatic heterocycles. The van der Waals surface area contributed by atoms with Crippen molar-refractivity contribution in [2.75, 3.05) is 20.8 Å². The fourth-order valence-electron chi connectivity index (χ4n) is 1.99. The van der Waals surface area contributed by atoms with E-state index in [9.17, 15) is 4.79 Å². The maximum absolute atomic E-state index is 12.4. The Morgan fingerprint density at radius 3 is 2.73 bits per heavy atom.